The van der Waals surface area contributed by atoms with Crippen LogP contribution in [0.25, 0.3) is 10.2 Å². The molecule has 1 aliphatic heterocycles. The van der Waals surface area contributed by atoms with Crippen molar-refractivity contribution in [1.29, 1.82) is 0 Å². The van der Waals surface area contributed by atoms with Crippen LogP contribution in [0.15, 0.2) is 35.1 Å². The van der Waals surface area contributed by atoms with Crippen LogP contribution in [0.3, 0.4) is 0 Å². The van der Waals surface area contributed by atoms with Gasteiger partial charge in [0.15, 0.2) is 0 Å². The van der Waals surface area contributed by atoms with Gasteiger partial charge in [-0.15, -0.1) is 11.3 Å². The molecule has 5 nitrogen and oxygen atoms in total. The number of hydrogen-bond acceptors (Lipinski definition) is 4. The molecular formula is C25H31N3O2S. The molecule has 0 spiro atoms. The first-order valence-corrected chi connectivity index (χ1v) is 12.0. The minimum absolute atomic E-state index is 0.0177. The van der Waals surface area contributed by atoms with E-state index in [2.05, 4.69) is 26.0 Å². The van der Waals surface area contributed by atoms with Crippen LogP contribution in [-0.4, -0.2) is 33.4 Å². The van der Waals surface area contributed by atoms with Gasteiger partial charge >= 0.3 is 0 Å². The average Bonchev–Trinajstić information content (AvgIpc) is 3.06. The van der Waals surface area contributed by atoms with Crippen LogP contribution in [0, 0.1) is 13.8 Å². The third-order valence-corrected chi connectivity index (χ3v) is 7.46. The second-order valence-corrected chi connectivity index (χ2v) is 10.1. The van der Waals surface area contributed by atoms with E-state index in [9.17, 15) is 9.59 Å². The summed E-state index contributed by atoms with van der Waals surface area (Å²) in [7, 11) is 0. The third kappa shape index (κ3) is 4.31. The van der Waals surface area contributed by atoms with E-state index in [4.69, 9.17) is 4.98 Å². The first-order chi connectivity index (χ1) is 14.9. The fraction of sp³-hybridized carbons (Fsp3) is 0.480. The monoisotopic (exact) mass is 437 g/mol. The van der Waals surface area contributed by atoms with E-state index >= 15 is 0 Å². The first-order valence-electron chi connectivity index (χ1n) is 11.2. The molecule has 1 fully saturated rings. The van der Waals surface area contributed by atoms with Gasteiger partial charge < -0.3 is 4.90 Å². The zero-order valence-corrected chi connectivity index (χ0v) is 19.7. The second-order valence-electron chi connectivity index (χ2n) is 8.88. The molecule has 0 N–H and O–H groups in total. The Kier molecular flexibility index (Phi) is 6.28. The summed E-state index contributed by atoms with van der Waals surface area (Å²) in [6.45, 7) is 9.59. The number of carbonyl (C=O) groups is 1. The molecule has 0 bridgehead atoms. The lowest BCUT2D eigenvalue weighted by atomic mass is 10.0. The zero-order valence-electron chi connectivity index (χ0n) is 18.9. The molecule has 0 aliphatic carbocycles. The minimum atomic E-state index is -0.0177. The molecule has 31 heavy (non-hydrogen) atoms. The molecule has 3 heterocycles. The lowest BCUT2D eigenvalue weighted by molar-refractivity contribution is -0.132. The molecule has 1 aliphatic rings. The van der Waals surface area contributed by atoms with Gasteiger partial charge in [-0.05, 0) is 44.2 Å². The Labute approximate surface area is 187 Å². The number of fused-ring (bicyclic) bond motifs is 1. The van der Waals surface area contributed by atoms with E-state index in [1.54, 1.807) is 11.3 Å². The lowest BCUT2D eigenvalue weighted by Crippen LogP contribution is -2.44. The molecular weight excluding hydrogens is 406 g/mol. The van der Waals surface area contributed by atoms with Crippen molar-refractivity contribution in [3.8, 4) is 0 Å². The number of aryl methyl sites for hydroxylation is 3. The average molecular weight is 438 g/mol. The zero-order chi connectivity index (χ0) is 22.1. The summed E-state index contributed by atoms with van der Waals surface area (Å²) in [6.07, 6.45) is 3.06. The number of hydrogen-bond donors (Lipinski definition) is 0. The second kappa shape index (κ2) is 8.95. The molecule has 0 radical (unpaired) electrons. The molecule has 1 saturated heterocycles. The number of likely N-dealkylation sites (tertiary alicyclic amines) is 1. The van der Waals surface area contributed by atoms with E-state index in [1.807, 2.05) is 41.5 Å². The summed E-state index contributed by atoms with van der Waals surface area (Å²) in [4.78, 5) is 35.4. The Morgan fingerprint density at radius 2 is 1.97 bits per heavy atom. The van der Waals surface area contributed by atoms with Crippen LogP contribution in [0.5, 0.6) is 0 Å². The van der Waals surface area contributed by atoms with Gasteiger partial charge in [0.2, 0.25) is 5.91 Å². The van der Waals surface area contributed by atoms with Gasteiger partial charge in [-0.25, -0.2) is 4.98 Å². The Morgan fingerprint density at radius 3 is 2.68 bits per heavy atom. The Balaban J connectivity index is 1.61. The summed E-state index contributed by atoms with van der Waals surface area (Å²) in [5, 5.41) is 0.749. The number of nitrogens with zero attached hydrogens (tertiary/aromatic N) is 3. The van der Waals surface area contributed by atoms with Crippen LogP contribution < -0.4 is 5.56 Å². The summed E-state index contributed by atoms with van der Waals surface area (Å²) in [6, 6.07) is 10.1. The number of amides is 1. The van der Waals surface area contributed by atoms with Gasteiger partial charge in [0.05, 0.1) is 11.4 Å². The largest absolute Gasteiger partial charge is 0.341 e. The van der Waals surface area contributed by atoms with E-state index in [1.165, 1.54) is 5.56 Å². The Bertz CT molecular complexity index is 1150. The normalized spacial score (nSPS) is 16.9. The van der Waals surface area contributed by atoms with E-state index in [-0.39, 0.29) is 23.4 Å². The molecule has 164 valence electrons. The molecule has 0 unspecified atom stereocenters. The van der Waals surface area contributed by atoms with Gasteiger partial charge in [0.25, 0.3) is 5.56 Å². The SMILES string of the molecule is Cc1sc2nc(C(C)C)n([C@H]3CCCN(C(=O)CCc4ccccc4)C3)c(=O)c2c1C. The molecule has 2 aromatic heterocycles. The highest BCUT2D eigenvalue weighted by atomic mass is 32.1. The van der Waals surface area contributed by atoms with Gasteiger partial charge in [-0.2, -0.15) is 0 Å². The summed E-state index contributed by atoms with van der Waals surface area (Å²) >= 11 is 1.60. The highest BCUT2D eigenvalue weighted by Gasteiger charge is 2.29. The van der Waals surface area contributed by atoms with Gasteiger partial charge in [-0.1, -0.05) is 44.2 Å². The first kappa shape index (κ1) is 21.8. The number of carbonyl (C=O) groups excluding carboxylic acids is 1. The lowest BCUT2D eigenvalue weighted by Gasteiger charge is -2.35. The van der Waals surface area contributed by atoms with E-state index in [0.717, 1.165) is 52.3 Å². The van der Waals surface area contributed by atoms with Gasteiger partial charge in [0, 0.05) is 30.3 Å². The number of aromatic nitrogens is 2. The number of thiophene rings is 1. The number of piperidine rings is 1. The van der Waals surface area contributed by atoms with Crippen molar-refractivity contribution < 1.29 is 4.79 Å². The van der Waals surface area contributed by atoms with Crippen molar-refractivity contribution in [2.24, 2.45) is 0 Å². The van der Waals surface area contributed by atoms with Crippen LogP contribution in [0.2, 0.25) is 0 Å². The van der Waals surface area contributed by atoms with Crippen molar-refractivity contribution in [3.05, 3.63) is 62.5 Å². The van der Waals surface area contributed by atoms with Crippen LogP contribution in [0.4, 0.5) is 0 Å². The molecule has 4 rings (SSSR count). The maximum atomic E-state index is 13.6. The predicted octanol–water partition coefficient (Wildman–Crippen LogP) is 4.99. The highest BCUT2D eigenvalue weighted by molar-refractivity contribution is 7.18. The number of rotatable bonds is 5. The standard InChI is InChI=1S/C25H31N3O2S/c1-16(2)23-26-24-22(17(3)18(4)31-24)25(30)28(23)20-11-8-14-27(15-20)21(29)13-12-19-9-6-5-7-10-19/h5-7,9-10,16,20H,8,11-15H2,1-4H3/t20-/m0/s1. The summed E-state index contributed by atoms with van der Waals surface area (Å²) < 4.78 is 1.91. The Morgan fingerprint density at radius 1 is 1.23 bits per heavy atom. The smallest absolute Gasteiger partial charge is 0.262 e. The quantitative estimate of drug-likeness (QED) is 0.565. The predicted molar refractivity (Wildman–Crippen MR) is 127 cm³/mol. The van der Waals surface area contributed by atoms with Crippen LogP contribution >= 0.6 is 11.3 Å². The fourth-order valence-corrected chi connectivity index (χ4v) is 5.56. The molecule has 0 saturated carbocycles. The van der Waals surface area contributed by atoms with Gasteiger partial charge in [0.1, 0.15) is 10.7 Å². The Hall–Kier alpha value is -2.47. The van der Waals surface area contributed by atoms with Crippen molar-refractivity contribution in [2.75, 3.05) is 13.1 Å². The van der Waals surface area contributed by atoms with Crippen molar-refractivity contribution in [2.45, 2.75) is 65.3 Å². The minimum Gasteiger partial charge on any atom is -0.341 e. The molecule has 3 aromatic rings. The summed E-state index contributed by atoms with van der Waals surface area (Å²) in [5.41, 5.74) is 2.27. The topological polar surface area (TPSA) is 55.2 Å². The summed E-state index contributed by atoms with van der Waals surface area (Å²) in [5.74, 6) is 1.15. The van der Waals surface area contributed by atoms with Crippen molar-refractivity contribution >= 4 is 27.5 Å². The van der Waals surface area contributed by atoms with E-state index in [0.29, 0.717) is 13.0 Å². The molecule has 1 atom stereocenters. The molecule has 6 heteroatoms. The fourth-order valence-electron chi connectivity index (χ4n) is 4.53. The maximum Gasteiger partial charge on any atom is 0.262 e. The molecule has 1 aromatic carbocycles. The number of benzene rings is 1. The van der Waals surface area contributed by atoms with Crippen molar-refractivity contribution in [3.63, 3.8) is 0 Å². The third-order valence-electron chi connectivity index (χ3n) is 6.36. The van der Waals surface area contributed by atoms with Crippen molar-refractivity contribution in [1.82, 2.24) is 14.5 Å². The highest BCUT2D eigenvalue weighted by Crippen LogP contribution is 2.30. The maximum absolute atomic E-state index is 13.6. The van der Waals surface area contributed by atoms with Crippen LogP contribution in [0.1, 0.15) is 66.9 Å². The molecule has 1 amide bonds. The van der Waals surface area contributed by atoms with Gasteiger partial charge in [-0.3, -0.25) is 14.2 Å². The van der Waals surface area contributed by atoms with E-state index < -0.39 is 0 Å². The van der Waals surface area contributed by atoms with Crippen LogP contribution in [-0.2, 0) is 11.2 Å².